The number of rotatable bonds is 8. The number of ether oxygens (including phenoxy) is 2. The van der Waals surface area contributed by atoms with Gasteiger partial charge >= 0.3 is 0 Å². The number of anilines is 2. The van der Waals surface area contributed by atoms with E-state index in [-0.39, 0.29) is 22.0 Å². The van der Waals surface area contributed by atoms with Crippen LogP contribution in [-0.4, -0.2) is 38.0 Å². The molecule has 10 heteroatoms. The van der Waals surface area contributed by atoms with Crippen molar-refractivity contribution in [1.29, 1.82) is 0 Å². The number of carbonyl (C=O) groups is 1. The molecule has 0 saturated heterocycles. The fourth-order valence-corrected chi connectivity index (χ4v) is 3.92. The molecule has 0 aliphatic carbocycles. The van der Waals surface area contributed by atoms with Gasteiger partial charge in [-0.3, -0.25) is 14.5 Å². The van der Waals surface area contributed by atoms with Gasteiger partial charge in [0.05, 0.1) is 25.6 Å². The van der Waals surface area contributed by atoms with Gasteiger partial charge in [-0.1, -0.05) is 0 Å². The highest BCUT2D eigenvalue weighted by atomic mass is 32.2. The molecule has 0 fully saturated rings. The van der Waals surface area contributed by atoms with Gasteiger partial charge in [0.25, 0.3) is 15.9 Å². The van der Waals surface area contributed by atoms with E-state index >= 15 is 0 Å². The molecule has 1 aromatic heterocycles. The first kappa shape index (κ1) is 22.0. The van der Waals surface area contributed by atoms with Crippen LogP contribution in [0.4, 0.5) is 11.4 Å². The minimum atomic E-state index is -4.00. The highest BCUT2D eigenvalue weighted by Crippen LogP contribution is 2.29. The monoisotopic (exact) mass is 442 g/mol. The fraction of sp³-hybridized carbons (Fsp3) is 0.190. The molecule has 2 aromatic carbocycles. The van der Waals surface area contributed by atoms with E-state index in [1.165, 1.54) is 37.7 Å². The lowest BCUT2D eigenvalue weighted by Gasteiger charge is -2.14. The van der Waals surface area contributed by atoms with Crippen molar-refractivity contribution in [2.75, 3.05) is 23.8 Å². The summed E-state index contributed by atoms with van der Waals surface area (Å²) >= 11 is 0. The third-order valence-corrected chi connectivity index (χ3v) is 5.54. The number of sulfonamides is 1. The standard InChI is InChI=1S/C21H22N4O5S/c1-4-30-17-8-5-15(6-9-17)25-31(27,28)20-11-16(7-10-19(20)29-3)24-21(26)18-13-22-14(2)12-23-18/h5-13,25H,4H2,1-3H3,(H,24,26). The van der Waals surface area contributed by atoms with Crippen LogP contribution in [0.5, 0.6) is 11.5 Å². The molecule has 0 aliphatic rings. The first-order valence-electron chi connectivity index (χ1n) is 9.36. The van der Waals surface area contributed by atoms with Gasteiger partial charge in [-0.05, 0) is 56.3 Å². The highest BCUT2D eigenvalue weighted by Gasteiger charge is 2.21. The van der Waals surface area contributed by atoms with Crippen LogP contribution in [0.15, 0.2) is 59.8 Å². The Morgan fingerprint density at radius 3 is 2.35 bits per heavy atom. The zero-order valence-electron chi connectivity index (χ0n) is 17.2. The molecule has 3 aromatic rings. The Morgan fingerprint density at radius 1 is 1.03 bits per heavy atom. The Labute approximate surface area is 180 Å². The molecule has 0 spiro atoms. The number of hydrogen-bond acceptors (Lipinski definition) is 7. The Balaban J connectivity index is 1.84. The Morgan fingerprint density at radius 2 is 1.74 bits per heavy atom. The van der Waals surface area contributed by atoms with Crippen molar-refractivity contribution in [1.82, 2.24) is 9.97 Å². The molecule has 0 unspecified atom stereocenters. The van der Waals surface area contributed by atoms with E-state index < -0.39 is 15.9 Å². The molecule has 9 nitrogen and oxygen atoms in total. The largest absolute Gasteiger partial charge is 0.495 e. The van der Waals surface area contributed by atoms with E-state index in [2.05, 4.69) is 20.0 Å². The van der Waals surface area contributed by atoms with E-state index in [0.29, 0.717) is 23.7 Å². The first-order chi connectivity index (χ1) is 14.8. The molecule has 0 saturated carbocycles. The van der Waals surface area contributed by atoms with Gasteiger partial charge < -0.3 is 14.8 Å². The maximum atomic E-state index is 13.0. The van der Waals surface area contributed by atoms with E-state index in [1.807, 2.05) is 6.92 Å². The molecule has 0 radical (unpaired) electrons. The maximum Gasteiger partial charge on any atom is 0.275 e. The lowest BCUT2D eigenvalue weighted by Crippen LogP contribution is -2.17. The van der Waals surface area contributed by atoms with Crippen molar-refractivity contribution in [3.8, 4) is 11.5 Å². The SMILES string of the molecule is CCOc1ccc(NS(=O)(=O)c2cc(NC(=O)c3cnc(C)cn3)ccc2OC)cc1. The Hall–Kier alpha value is -3.66. The van der Waals surface area contributed by atoms with Crippen LogP contribution < -0.4 is 19.5 Å². The molecule has 0 atom stereocenters. The van der Waals surface area contributed by atoms with Crippen LogP contribution in [0.3, 0.4) is 0 Å². The molecule has 2 N–H and O–H groups in total. The number of benzene rings is 2. The van der Waals surface area contributed by atoms with E-state index in [1.54, 1.807) is 31.2 Å². The lowest BCUT2D eigenvalue weighted by atomic mass is 10.3. The molecule has 31 heavy (non-hydrogen) atoms. The number of nitrogens with zero attached hydrogens (tertiary/aromatic N) is 2. The van der Waals surface area contributed by atoms with Gasteiger partial charge in [0.1, 0.15) is 22.1 Å². The van der Waals surface area contributed by atoms with Gasteiger partial charge in [-0.2, -0.15) is 0 Å². The Bertz CT molecular complexity index is 1160. The minimum absolute atomic E-state index is 0.110. The number of aryl methyl sites for hydroxylation is 1. The predicted molar refractivity (Wildman–Crippen MR) is 116 cm³/mol. The maximum absolute atomic E-state index is 13.0. The van der Waals surface area contributed by atoms with Crippen LogP contribution in [-0.2, 0) is 10.0 Å². The second-order valence-corrected chi connectivity index (χ2v) is 8.08. The quantitative estimate of drug-likeness (QED) is 0.549. The third-order valence-electron chi connectivity index (χ3n) is 4.14. The second-order valence-electron chi connectivity index (χ2n) is 6.43. The third kappa shape index (κ3) is 5.48. The lowest BCUT2D eigenvalue weighted by molar-refractivity contribution is 0.102. The van der Waals surface area contributed by atoms with Gasteiger partial charge in [0, 0.05) is 17.6 Å². The molecule has 0 aliphatic heterocycles. The van der Waals surface area contributed by atoms with Gasteiger partial charge in [-0.15, -0.1) is 0 Å². The normalized spacial score (nSPS) is 10.9. The van der Waals surface area contributed by atoms with Crippen molar-refractivity contribution in [2.24, 2.45) is 0 Å². The summed E-state index contributed by atoms with van der Waals surface area (Å²) in [7, 11) is -2.64. The number of amides is 1. The molecular weight excluding hydrogens is 420 g/mol. The van der Waals surface area contributed by atoms with E-state index in [9.17, 15) is 13.2 Å². The van der Waals surface area contributed by atoms with Crippen LogP contribution >= 0.6 is 0 Å². The van der Waals surface area contributed by atoms with Gasteiger partial charge in [0.15, 0.2) is 0 Å². The van der Waals surface area contributed by atoms with Crippen LogP contribution in [0.25, 0.3) is 0 Å². The molecule has 3 rings (SSSR count). The van der Waals surface area contributed by atoms with Crippen LogP contribution in [0.2, 0.25) is 0 Å². The summed E-state index contributed by atoms with van der Waals surface area (Å²) in [4.78, 5) is 20.3. The smallest absolute Gasteiger partial charge is 0.275 e. The summed E-state index contributed by atoms with van der Waals surface area (Å²) in [6, 6.07) is 10.8. The molecular formula is C21H22N4O5S. The second kappa shape index (κ2) is 9.43. The summed E-state index contributed by atoms with van der Waals surface area (Å²) in [5, 5.41) is 2.62. The fourth-order valence-electron chi connectivity index (χ4n) is 2.67. The van der Waals surface area contributed by atoms with Crippen molar-refractivity contribution < 1.29 is 22.7 Å². The van der Waals surface area contributed by atoms with Crippen molar-refractivity contribution in [2.45, 2.75) is 18.7 Å². The molecule has 162 valence electrons. The summed E-state index contributed by atoms with van der Waals surface area (Å²) in [5.74, 6) is 0.249. The first-order valence-corrected chi connectivity index (χ1v) is 10.8. The summed E-state index contributed by atoms with van der Waals surface area (Å²) in [5.41, 5.74) is 1.41. The predicted octanol–water partition coefficient (Wildman–Crippen LogP) is 3.25. The van der Waals surface area contributed by atoms with Crippen molar-refractivity contribution in [3.63, 3.8) is 0 Å². The van der Waals surface area contributed by atoms with E-state index in [0.717, 1.165) is 0 Å². The van der Waals surface area contributed by atoms with Crippen molar-refractivity contribution >= 4 is 27.3 Å². The zero-order chi connectivity index (χ0) is 22.4. The zero-order valence-corrected chi connectivity index (χ0v) is 18.1. The number of carbonyl (C=O) groups excluding carboxylic acids is 1. The summed E-state index contributed by atoms with van der Waals surface area (Å²) in [6.07, 6.45) is 2.82. The van der Waals surface area contributed by atoms with E-state index in [4.69, 9.17) is 9.47 Å². The number of aromatic nitrogens is 2. The van der Waals surface area contributed by atoms with Gasteiger partial charge in [0.2, 0.25) is 0 Å². The average Bonchev–Trinajstić information content (AvgIpc) is 2.75. The van der Waals surface area contributed by atoms with Crippen LogP contribution in [0, 0.1) is 6.92 Å². The van der Waals surface area contributed by atoms with Crippen molar-refractivity contribution in [3.05, 3.63) is 66.2 Å². The topological polar surface area (TPSA) is 120 Å². The highest BCUT2D eigenvalue weighted by molar-refractivity contribution is 7.92. The molecule has 0 bridgehead atoms. The number of nitrogens with one attached hydrogen (secondary N) is 2. The minimum Gasteiger partial charge on any atom is -0.495 e. The van der Waals surface area contributed by atoms with Crippen LogP contribution in [0.1, 0.15) is 23.1 Å². The Kier molecular flexibility index (Phi) is 6.71. The summed E-state index contributed by atoms with van der Waals surface area (Å²) in [6.45, 7) is 4.13. The summed E-state index contributed by atoms with van der Waals surface area (Å²) < 4.78 is 39.0. The molecule has 1 amide bonds. The van der Waals surface area contributed by atoms with Gasteiger partial charge in [-0.25, -0.2) is 13.4 Å². The average molecular weight is 442 g/mol. The molecule has 1 heterocycles. The number of hydrogen-bond donors (Lipinski definition) is 2. The number of methoxy groups -OCH3 is 1.